The molecule has 0 saturated carbocycles. The van der Waals surface area contributed by atoms with Gasteiger partial charge in [0.1, 0.15) is 5.82 Å². The molecule has 9 heteroatoms. The highest BCUT2D eigenvalue weighted by molar-refractivity contribution is 5.80. The van der Waals surface area contributed by atoms with Crippen molar-refractivity contribution in [3.05, 3.63) is 46.0 Å². The Hall–Kier alpha value is -3.23. The Balaban J connectivity index is 1.54. The Morgan fingerprint density at radius 3 is 2.06 bits per heavy atom. The van der Waals surface area contributed by atoms with E-state index in [0.717, 1.165) is 43.5 Å². The second kappa shape index (κ2) is 10.9. The largest absolute Gasteiger partial charge is 0.356 e. The van der Waals surface area contributed by atoms with Gasteiger partial charge in [-0.15, -0.1) is 0 Å². The van der Waals surface area contributed by atoms with Gasteiger partial charge in [-0.2, -0.15) is 15.1 Å². The number of non-ortho nitro benzene ring substituents is 1. The molecule has 4 rings (SSSR count). The van der Waals surface area contributed by atoms with Crippen LogP contribution in [0.15, 0.2) is 35.4 Å². The number of aromatic nitrogens is 2. The van der Waals surface area contributed by atoms with Crippen LogP contribution in [-0.4, -0.2) is 47.3 Å². The average molecular weight is 438 g/mol. The van der Waals surface area contributed by atoms with Gasteiger partial charge in [-0.3, -0.25) is 15.5 Å². The molecule has 1 aromatic heterocycles. The summed E-state index contributed by atoms with van der Waals surface area (Å²) in [4.78, 5) is 24.8. The number of nitro benzene ring substituents is 1. The maximum absolute atomic E-state index is 10.8. The number of nitrogens with zero attached hydrogens (tertiary/aromatic N) is 6. The lowest BCUT2D eigenvalue weighted by Gasteiger charge is -2.25. The third-order valence-electron chi connectivity index (χ3n) is 6.02. The molecule has 0 amide bonds. The molecule has 170 valence electrons. The minimum atomic E-state index is -0.408. The van der Waals surface area contributed by atoms with Crippen molar-refractivity contribution in [2.75, 3.05) is 41.4 Å². The molecule has 0 unspecified atom stereocenters. The first-order valence-corrected chi connectivity index (χ1v) is 11.6. The topological polar surface area (TPSA) is 99.8 Å². The van der Waals surface area contributed by atoms with Gasteiger partial charge in [0.2, 0.25) is 5.95 Å². The summed E-state index contributed by atoms with van der Waals surface area (Å²) in [5, 5.41) is 15.1. The summed E-state index contributed by atoms with van der Waals surface area (Å²) in [6.45, 7) is 3.99. The molecule has 1 N–H and O–H groups in total. The van der Waals surface area contributed by atoms with Crippen molar-refractivity contribution in [1.29, 1.82) is 0 Å². The molecular weight excluding hydrogens is 406 g/mol. The van der Waals surface area contributed by atoms with E-state index < -0.39 is 4.92 Å². The van der Waals surface area contributed by atoms with E-state index in [2.05, 4.69) is 20.3 Å². The molecule has 2 fully saturated rings. The average Bonchev–Trinajstić information content (AvgIpc) is 3.25. The van der Waals surface area contributed by atoms with Crippen molar-refractivity contribution in [1.82, 2.24) is 9.97 Å². The van der Waals surface area contributed by atoms with Crippen LogP contribution in [0.4, 0.5) is 23.3 Å². The fraction of sp³-hybridized carbons (Fsp3) is 0.522. The van der Waals surface area contributed by atoms with E-state index in [1.165, 1.54) is 63.5 Å². The Bertz CT molecular complexity index is 878. The van der Waals surface area contributed by atoms with Gasteiger partial charge in [0.15, 0.2) is 5.82 Å². The van der Waals surface area contributed by atoms with Crippen LogP contribution in [0, 0.1) is 10.1 Å². The lowest BCUT2D eigenvalue weighted by Crippen LogP contribution is -2.29. The Morgan fingerprint density at radius 2 is 1.47 bits per heavy atom. The molecule has 0 aliphatic carbocycles. The summed E-state index contributed by atoms with van der Waals surface area (Å²) in [5.41, 5.74) is 3.89. The van der Waals surface area contributed by atoms with E-state index in [4.69, 9.17) is 9.97 Å². The number of hydrazone groups is 1. The third-order valence-corrected chi connectivity index (χ3v) is 6.02. The Labute approximate surface area is 188 Å². The maximum atomic E-state index is 10.8. The quantitative estimate of drug-likeness (QED) is 0.401. The summed E-state index contributed by atoms with van der Waals surface area (Å²) < 4.78 is 0. The van der Waals surface area contributed by atoms with Crippen molar-refractivity contribution < 1.29 is 4.92 Å². The van der Waals surface area contributed by atoms with Crippen molar-refractivity contribution in [2.24, 2.45) is 5.10 Å². The molecular formula is C23H31N7O2. The van der Waals surface area contributed by atoms with Crippen LogP contribution in [0.3, 0.4) is 0 Å². The number of benzene rings is 1. The molecule has 9 nitrogen and oxygen atoms in total. The zero-order valence-corrected chi connectivity index (χ0v) is 18.4. The monoisotopic (exact) mass is 437 g/mol. The minimum absolute atomic E-state index is 0.0649. The molecule has 2 aliphatic rings. The molecule has 32 heavy (non-hydrogen) atoms. The normalized spacial score (nSPS) is 17.8. The van der Waals surface area contributed by atoms with Crippen LogP contribution < -0.4 is 15.2 Å². The summed E-state index contributed by atoms with van der Waals surface area (Å²) in [7, 11) is 0. The van der Waals surface area contributed by atoms with Crippen molar-refractivity contribution in [2.45, 2.75) is 51.4 Å². The highest BCUT2D eigenvalue weighted by atomic mass is 16.6. The summed E-state index contributed by atoms with van der Waals surface area (Å²) in [5.74, 6) is 2.38. The minimum Gasteiger partial charge on any atom is -0.356 e. The summed E-state index contributed by atoms with van der Waals surface area (Å²) in [6.07, 6.45) is 11.4. The lowest BCUT2D eigenvalue weighted by atomic mass is 10.2. The van der Waals surface area contributed by atoms with Crippen molar-refractivity contribution in [3.63, 3.8) is 0 Å². The van der Waals surface area contributed by atoms with Gasteiger partial charge in [0.25, 0.3) is 5.69 Å². The van der Waals surface area contributed by atoms with Gasteiger partial charge in [0, 0.05) is 44.4 Å². The predicted molar refractivity (Wildman–Crippen MR) is 128 cm³/mol. The van der Waals surface area contributed by atoms with Gasteiger partial charge < -0.3 is 9.80 Å². The second-order valence-electron chi connectivity index (χ2n) is 8.43. The molecule has 0 bridgehead atoms. The molecule has 3 heterocycles. The molecule has 1 aromatic carbocycles. The first-order chi connectivity index (χ1) is 15.7. The van der Waals surface area contributed by atoms with Crippen LogP contribution in [0.2, 0.25) is 0 Å². The number of rotatable bonds is 6. The molecule has 2 aliphatic heterocycles. The Morgan fingerprint density at radius 1 is 0.875 bits per heavy atom. The SMILES string of the molecule is O=[N+]([O-])c1ccc(/C=N/Nc2cc(N3CCCCCC3)nc(N3CCCCCC3)n2)cc1. The van der Waals surface area contributed by atoms with Gasteiger partial charge >= 0.3 is 0 Å². The highest BCUT2D eigenvalue weighted by Gasteiger charge is 2.18. The van der Waals surface area contributed by atoms with E-state index in [1.54, 1.807) is 18.3 Å². The molecule has 0 radical (unpaired) electrons. The Kier molecular flexibility index (Phi) is 7.47. The van der Waals surface area contributed by atoms with Gasteiger partial charge in [-0.05, 0) is 43.4 Å². The van der Waals surface area contributed by atoms with Crippen LogP contribution in [0.25, 0.3) is 0 Å². The zero-order chi connectivity index (χ0) is 22.2. The van der Waals surface area contributed by atoms with Crippen LogP contribution in [0.5, 0.6) is 0 Å². The zero-order valence-electron chi connectivity index (χ0n) is 18.4. The maximum Gasteiger partial charge on any atom is 0.269 e. The number of nitro groups is 1. The van der Waals surface area contributed by atoms with Crippen molar-refractivity contribution >= 4 is 29.5 Å². The number of hydrogen-bond acceptors (Lipinski definition) is 8. The van der Waals surface area contributed by atoms with Crippen molar-refractivity contribution in [3.8, 4) is 0 Å². The summed E-state index contributed by atoms with van der Waals surface area (Å²) in [6, 6.07) is 8.27. The van der Waals surface area contributed by atoms with Crippen LogP contribution >= 0.6 is 0 Å². The molecule has 0 spiro atoms. The van der Waals surface area contributed by atoms with E-state index >= 15 is 0 Å². The predicted octanol–water partition coefficient (Wildman–Crippen LogP) is 4.59. The van der Waals surface area contributed by atoms with Crippen LogP contribution in [0.1, 0.15) is 56.9 Å². The van der Waals surface area contributed by atoms with Gasteiger partial charge in [-0.1, -0.05) is 25.7 Å². The van der Waals surface area contributed by atoms with Gasteiger partial charge in [0.05, 0.1) is 11.1 Å². The molecule has 2 saturated heterocycles. The van der Waals surface area contributed by atoms with E-state index in [-0.39, 0.29) is 5.69 Å². The summed E-state index contributed by atoms with van der Waals surface area (Å²) >= 11 is 0. The number of hydrogen-bond donors (Lipinski definition) is 1. The second-order valence-corrected chi connectivity index (χ2v) is 8.43. The van der Waals surface area contributed by atoms with Crippen LogP contribution in [-0.2, 0) is 0 Å². The standard InChI is InChI=1S/C23H31N7O2/c31-30(32)20-11-9-19(10-12-20)18-24-27-21-17-22(28-13-5-1-2-6-14-28)26-23(25-21)29-15-7-3-4-8-16-29/h9-12,17-18H,1-8,13-16H2,(H,25,26,27)/b24-18+. The third kappa shape index (κ3) is 5.93. The smallest absolute Gasteiger partial charge is 0.269 e. The van der Waals surface area contributed by atoms with E-state index in [9.17, 15) is 10.1 Å². The van der Waals surface area contributed by atoms with Gasteiger partial charge in [-0.25, -0.2) is 0 Å². The highest BCUT2D eigenvalue weighted by Crippen LogP contribution is 2.25. The van der Waals surface area contributed by atoms with E-state index in [0.29, 0.717) is 5.82 Å². The fourth-order valence-electron chi connectivity index (χ4n) is 4.21. The lowest BCUT2D eigenvalue weighted by molar-refractivity contribution is -0.384. The molecule has 2 aromatic rings. The molecule has 0 atom stereocenters. The van der Waals surface area contributed by atoms with E-state index in [1.807, 2.05) is 6.07 Å². The number of nitrogens with one attached hydrogen (secondary N) is 1. The number of anilines is 3. The first-order valence-electron chi connectivity index (χ1n) is 11.6. The fourth-order valence-corrected chi connectivity index (χ4v) is 4.21. The first kappa shape index (κ1) is 22.0.